The molecule has 21 heavy (non-hydrogen) atoms. The Morgan fingerprint density at radius 3 is 2.24 bits per heavy atom. The van der Waals surface area contributed by atoms with Crippen molar-refractivity contribution < 1.29 is 8.78 Å². The zero-order valence-corrected chi connectivity index (χ0v) is 12.8. The number of halogens is 3. The van der Waals surface area contributed by atoms with Crippen molar-refractivity contribution >= 4 is 11.6 Å². The maximum Gasteiger partial charge on any atom is 0.142 e. The van der Waals surface area contributed by atoms with Gasteiger partial charge in [-0.05, 0) is 54.8 Å². The third-order valence-corrected chi connectivity index (χ3v) is 3.71. The fourth-order valence-electron chi connectivity index (χ4n) is 2.20. The summed E-state index contributed by atoms with van der Waals surface area (Å²) >= 11 is 5.73. The van der Waals surface area contributed by atoms with Crippen LogP contribution in [-0.2, 0) is 0 Å². The second-order valence-corrected chi connectivity index (χ2v) is 5.48. The molecule has 0 aliphatic carbocycles. The largest absolute Gasteiger partial charge is 0.306 e. The van der Waals surface area contributed by atoms with Crippen LogP contribution in [0.5, 0.6) is 0 Å². The standard InChI is InChI=1S/C17H18ClF2N/c1-3-8-21-17(12-5-4-11(2)15(19)9-12)13-6-7-14(18)16(20)10-13/h4-7,9-10,17,21H,3,8H2,1-2H3. The highest BCUT2D eigenvalue weighted by Crippen LogP contribution is 2.26. The number of benzene rings is 2. The van der Waals surface area contributed by atoms with Gasteiger partial charge in [0.05, 0.1) is 11.1 Å². The van der Waals surface area contributed by atoms with E-state index in [2.05, 4.69) is 5.32 Å². The summed E-state index contributed by atoms with van der Waals surface area (Å²) in [6.45, 7) is 4.52. The molecule has 112 valence electrons. The van der Waals surface area contributed by atoms with Gasteiger partial charge >= 0.3 is 0 Å². The Kier molecular flexibility index (Phi) is 5.32. The molecule has 0 saturated carbocycles. The first-order valence-corrected chi connectivity index (χ1v) is 7.35. The van der Waals surface area contributed by atoms with Gasteiger partial charge in [-0.1, -0.05) is 36.7 Å². The van der Waals surface area contributed by atoms with E-state index in [1.54, 1.807) is 19.1 Å². The Morgan fingerprint density at radius 2 is 1.67 bits per heavy atom. The van der Waals surface area contributed by atoms with Crippen LogP contribution in [0.25, 0.3) is 0 Å². The minimum absolute atomic E-state index is 0.0862. The molecule has 2 aromatic rings. The first kappa shape index (κ1) is 15.9. The van der Waals surface area contributed by atoms with Gasteiger partial charge in [-0.15, -0.1) is 0 Å². The summed E-state index contributed by atoms with van der Waals surface area (Å²) in [6, 6.07) is 9.51. The van der Waals surface area contributed by atoms with E-state index in [-0.39, 0.29) is 16.9 Å². The van der Waals surface area contributed by atoms with E-state index in [9.17, 15) is 8.78 Å². The lowest BCUT2D eigenvalue weighted by atomic mass is 9.97. The molecule has 0 aliphatic heterocycles. The van der Waals surface area contributed by atoms with Crippen molar-refractivity contribution in [1.29, 1.82) is 0 Å². The number of hydrogen-bond donors (Lipinski definition) is 1. The molecule has 2 rings (SSSR count). The van der Waals surface area contributed by atoms with Gasteiger partial charge < -0.3 is 5.32 Å². The first-order valence-electron chi connectivity index (χ1n) is 6.97. The molecular weight excluding hydrogens is 292 g/mol. The quantitative estimate of drug-likeness (QED) is 0.818. The van der Waals surface area contributed by atoms with Crippen LogP contribution in [0.1, 0.15) is 36.1 Å². The van der Waals surface area contributed by atoms with Crippen LogP contribution in [0, 0.1) is 18.6 Å². The van der Waals surface area contributed by atoms with E-state index >= 15 is 0 Å². The monoisotopic (exact) mass is 309 g/mol. The Morgan fingerprint density at radius 1 is 1.05 bits per heavy atom. The van der Waals surface area contributed by atoms with E-state index < -0.39 is 5.82 Å². The molecule has 0 aliphatic rings. The molecule has 2 aromatic carbocycles. The summed E-state index contributed by atoms with van der Waals surface area (Å²) in [6.07, 6.45) is 0.931. The van der Waals surface area contributed by atoms with Crippen molar-refractivity contribution in [3.8, 4) is 0 Å². The minimum atomic E-state index is -0.468. The van der Waals surface area contributed by atoms with Crippen molar-refractivity contribution in [2.24, 2.45) is 0 Å². The molecule has 1 unspecified atom stereocenters. The fraction of sp³-hybridized carbons (Fsp3) is 0.294. The van der Waals surface area contributed by atoms with Crippen molar-refractivity contribution in [3.63, 3.8) is 0 Å². The molecule has 0 saturated heterocycles. The van der Waals surface area contributed by atoms with Gasteiger partial charge in [0.25, 0.3) is 0 Å². The number of aryl methyl sites for hydroxylation is 1. The summed E-state index contributed by atoms with van der Waals surface area (Å²) in [7, 11) is 0. The zero-order chi connectivity index (χ0) is 15.4. The summed E-state index contributed by atoms with van der Waals surface area (Å²) in [5.74, 6) is -0.727. The van der Waals surface area contributed by atoms with Gasteiger partial charge in [-0.2, -0.15) is 0 Å². The normalized spacial score (nSPS) is 12.4. The van der Waals surface area contributed by atoms with Crippen LogP contribution in [0.15, 0.2) is 36.4 Å². The molecular formula is C17H18ClF2N. The predicted molar refractivity (Wildman–Crippen MR) is 82.7 cm³/mol. The highest BCUT2D eigenvalue weighted by molar-refractivity contribution is 6.30. The third kappa shape index (κ3) is 3.80. The maximum atomic E-state index is 13.8. The maximum absolute atomic E-state index is 13.8. The molecule has 0 heterocycles. The van der Waals surface area contributed by atoms with Crippen LogP contribution in [0.4, 0.5) is 8.78 Å². The molecule has 0 radical (unpaired) electrons. The lowest BCUT2D eigenvalue weighted by molar-refractivity contribution is 0.575. The highest BCUT2D eigenvalue weighted by Gasteiger charge is 2.16. The predicted octanol–water partition coefficient (Wildman–Crippen LogP) is 5.02. The Bertz CT molecular complexity index is 577. The Balaban J connectivity index is 2.41. The van der Waals surface area contributed by atoms with Crippen molar-refractivity contribution in [2.75, 3.05) is 6.54 Å². The second-order valence-electron chi connectivity index (χ2n) is 5.07. The van der Waals surface area contributed by atoms with Crippen molar-refractivity contribution in [3.05, 3.63) is 69.7 Å². The van der Waals surface area contributed by atoms with Gasteiger partial charge in [0.2, 0.25) is 0 Å². The fourth-order valence-corrected chi connectivity index (χ4v) is 2.31. The molecule has 0 fully saturated rings. The third-order valence-electron chi connectivity index (χ3n) is 3.40. The van der Waals surface area contributed by atoms with E-state index in [0.29, 0.717) is 5.56 Å². The van der Waals surface area contributed by atoms with Gasteiger partial charge in [-0.25, -0.2) is 8.78 Å². The second kappa shape index (κ2) is 7.01. The van der Waals surface area contributed by atoms with Crippen molar-refractivity contribution in [2.45, 2.75) is 26.3 Å². The van der Waals surface area contributed by atoms with Gasteiger partial charge in [0.1, 0.15) is 11.6 Å². The number of hydrogen-bond acceptors (Lipinski definition) is 1. The number of nitrogens with one attached hydrogen (secondary N) is 1. The van der Waals surface area contributed by atoms with Gasteiger partial charge in [-0.3, -0.25) is 0 Å². The summed E-state index contributed by atoms with van der Waals surface area (Å²) in [5, 5.41) is 3.41. The molecule has 4 heteroatoms. The summed E-state index contributed by atoms with van der Waals surface area (Å²) < 4.78 is 27.5. The molecule has 0 aromatic heterocycles. The van der Waals surface area contributed by atoms with E-state index in [4.69, 9.17) is 11.6 Å². The average Bonchev–Trinajstić information content (AvgIpc) is 2.46. The van der Waals surface area contributed by atoms with Crippen LogP contribution >= 0.6 is 11.6 Å². The number of rotatable bonds is 5. The molecule has 0 amide bonds. The van der Waals surface area contributed by atoms with E-state index in [1.165, 1.54) is 18.2 Å². The topological polar surface area (TPSA) is 12.0 Å². The SMILES string of the molecule is CCCNC(c1ccc(C)c(F)c1)c1ccc(Cl)c(F)c1. The molecule has 1 N–H and O–H groups in total. The van der Waals surface area contributed by atoms with Crippen molar-refractivity contribution in [1.82, 2.24) is 5.32 Å². The first-order chi connectivity index (χ1) is 10.0. The van der Waals surface area contributed by atoms with Crippen LogP contribution in [0.3, 0.4) is 0 Å². The molecule has 0 spiro atoms. The van der Waals surface area contributed by atoms with Gasteiger partial charge in [0.15, 0.2) is 0 Å². The average molecular weight is 310 g/mol. The smallest absolute Gasteiger partial charge is 0.142 e. The zero-order valence-electron chi connectivity index (χ0n) is 12.1. The summed E-state index contributed by atoms with van der Waals surface area (Å²) in [4.78, 5) is 0. The van der Waals surface area contributed by atoms with Crippen LogP contribution < -0.4 is 5.32 Å². The summed E-state index contributed by atoms with van der Waals surface area (Å²) in [5.41, 5.74) is 2.09. The van der Waals surface area contributed by atoms with Crippen LogP contribution in [-0.4, -0.2) is 6.54 Å². The van der Waals surface area contributed by atoms with E-state index in [1.807, 2.05) is 13.0 Å². The Hall–Kier alpha value is -1.45. The van der Waals surface area contributed by atoms with E-state index in [0.717, 1.165) is 24.1 Å². The lowest BCUT2D eigenvalue weighted by Crippen LogP contribution is -2.23. The minimum Gasteiger partial charge on any atom is -0.306 e. The molecule has 0 bridgehead atoms. The Labute approximate surface area is 128 Å². The lowest BCUT2D eigenvalue weighted by Gasteiger charge is -2.20. The molecule has 1 nitrogen and oxygen atoms in total. The highest BCUT2D eigenvalue weighted by atomic mass is 35.5. The van der Waals surface area contributed by atoms with Crippen LogP contribution in [0.2, 0.25) is 5.02 Å². The van der Waals surface area contributed by atoms with Gasteiger partial charge in [0, 0.05) is 0 Å². The molecule has 1 atom stereocenters.